The molecule has 0 atom stereocenters. The van der Waals surface area contributed by atoms with Crippen LogP contribution in [0.25, 0.3) is 28.0 Å². The average Bonchev–Trinajstić information content (AvgIpc) is 3.16. The van der Waals surface area contributed by atoms with Crippen LogP contribution in [-0.2, 0) is 0 Å². The Morgan fingerprint density at radius 2 is 1.70 bits per heavy atom. The summed E-state index contributed by atoms with van der Waals surface area (Å²) in [6, 6.07) is 15.6. The molecule has 1 amide bonds. The maximum Gasteiger partial charge on any atom is 0.255 e. The Bertz CT molecular complexity index is 1280. The molecule has 2 aromatic heterocycles. The van der Waals surface area contributed by atoms with Crippen LogP contribution in [0.5, 0.6) is 11.5 Å². The lowest BCUT2D eigenvalue weighted by Gasteiger charge is -2.13. The molecule has 4 rings (SSSR count). The van der Waals surface area contributed by atoms with Crippen LogP contribution in [0.15, 0.2) is 54.7 Å². The number of aryl methyl sites for hydroxylation is 1. The fourth-order valence-corrected chi connectivity index (χ4v) is 3.93. The molecule has 0 aliphatic rings. The van der Waals surface area contributed by atoms with Crippen LogP contribution in [0.2, 0.25) is 0 Å². The Morgan fingerprint density at radius 1 is 0.970 bits per heavy atom. The molecule has 7 nitrogen and oxygen atoms in total. The van der Waals surface area contributed by atoms with Crippen molar-refractivity contribution in [3.05, 3.63) is 66.0 Å². The van der Waals surface area contributed by atoms with Gasteiger partial charge < -0.3 is 14.8 Å². The molecular formula is C26H28N4O3. The van der Waals surface area contributed by atoms with E-state index in [1.165, 1.54) is 0 Å². The summed E-state index contributed by atoms with van der Waals surface area (Å²) in [6.07, 6.45) is 1.63. The van der Waals surface area contributed by atoms with Gasteiger partial charge in [-0.25, -0.2) is 9.50 Å². The van der Waals surface area contributed by atoms with E-state index in [9.17, 15) is 4.79 Å². The van der Waals surface area contributed by atoms with Crippen molar-refractivity contribution in [2.75, 3.05) is 19.8 Å². The quantitative estimate of drug-likeness (QED) is 0.417. The molecule has 0 aliphatic carbocycles. The third kappa shape index (κ3) is 4.26. The van der Waals surface area contributed by atoms with Crippen LogP contribution < -0.4 is 14.8 Å². The summed E-state index contributed by atoms with van der Waals surface area (Å²) < 4.78 is 13.3. The maximum atomic E-state index is 12.8. The summed E-state index contributed by atoms with van der Waals surface area (Å²) in [5, 5.41) is 7.68. The molecule has 0 aliphatic heterocycles. The van der Waals surface area contributed by atoms with Crippen molar-refractivity contribution in [1.29, 1.82) is 0 Å². The van der Waals surface area contributed by atoms with Gasteiger partial charge in [0.2, 0.25) is 0 Å². The normalized spacial score (nSPS) is 10.9. The molecule has 2 heterocycles. The minimum atomic E-state index is -0.180. The number of hydrogen-bond donors (Lipinski definition) is 1. The third-order valence-electron chi connectivity index (χ3n) is 5.28. The standard InChI is InChI=1S/C26H28N4O3/c1-5-27-26(31)20-16-28-25-23(19-13-14-21(32-6-2)22(15-19)33-7-3)17(4)29-30(25)24(20)18-11-9-8-10-12-18/h8-16H,5-7H2,1-4H3,(H,27,31). The molecule has 0 radical (unpaired) electrons. The first-order valence-corrected chi connectivity index (χ1v) is 11.2. The lowest BCUT2D eigenvalue weighted by atomic mass is 10.0. The number of fused-ring (bicyclic) bond motifs is 1. The lowest BCUT2D eigenvalue weighted by Crippen LogP contribution is -2.24. The fourth-order valence-electron chi connectivity index (χ4n) is 3.93. The van der Waals surface area contributed by atoms with Crippen molar-refractivity contribution in [3.8, 4) is 33.9 Å². The minimum Gasteiger partial charge on any atom is -0.490 e. The zero-order valence-corrected chi connectivity index (χ0v) is 19.4. The van der Waals surface area contributed by atoms with Gasteiger partial charge in [0.05, 0.1) is 30.2 Å². The summed E-state index contributed by atoms with van der Waals surface area (Å²) >= 11 is 0. The zero-order valence-electron chi connectivity index (χ0n) is 19.4. The highest BCUT2D eigenvalue weighted by molar-refractivity contribution is 6.00. The van der Waals surface area contributed by atoms with E-state index in [2.05, 4.69) is 10.3 Å². The van der Waals surface area contributed by atoms with Crippen LogP contribution >= 0.6 is 0 Å². The van der Waals surface area contributed by atoms with Crippen molar-refractivity contribution in [1.82, 2.24) is 19.9 Å². The molecule has 0 spiro atoms. The monoisotopic (exact) mass is 444 g/mol. The van der Waals surface area contributed by atoms with Gasteiger partial charge in [-0.15, -0.1) is 0 Å². The molecule has 0 bridgehead atoms. The van der Waals surface area contributed by atoms with Crippen LogP contribution in [-0.4, -0.2) is 40.3 Å². The number of carbonyl (C=O) groups is 1. The van der Waals surface area contributed by atoms with Gasteiger partial charge in [-0.1, -0.05) is 36.4 Å². The molecule has 0 saturated carbocycles. The number of ether oxygens (including phenoxy) is 2. The second kappa shape index (κ2) is 9.73. The highest BCUT2D eigenvalue weighted by atomic mass is 16.5. The van der Waals surface area contributed by atoms with Gasteiger partial charge in [-0.2, -0.15) is 5.10 Å². The molecule has 0 saturated heterocycles. The third-order valence-corrected chi connectivity index (χ3v) is 5.28. The van der Waals surface area contributed by atoms with Gasteiger partial charge in [0, 0.05) is 23.9 Å². The number of carbonyl (C=O) groups excluding carboxylic acids is 1. The van der Waals surface area contributed by atoms with E-state index in [0.717, 1.165) is 22.4 Å². The Labute approximate surface area is 193 Å². The largest absolute Gasteiger partial charge is 0.490 e. The summed E-state index contributed by atoms with van der Waals surface area (Å²) in [6.45, 7) is 9.34. The van der Waals surface area contributed by atoms with Gasteiger partial charge >= 0.3 is 0 Å². The second-order valence-electron chi connectivity index (χ2n) is 7.47. The van der Waals surface area contributed by atoms with Crippen LogP contribution in [0.3, 0.4) is 0 Å². The second-order valence-corrected chi connectivity index (χ2v) is 7.47. The summed E-state index contributed by atoms with van der Waals surface area (Å²) in [7, 11) is 0. The Hall–Kier alpha value is -3.87. The van der Waals surface area contributed by atoms with E-state index in [4.69, 9.17) is 14.6 Å². The molecular weight excluding hydrogens is 416 g/mol. The van der Waals surface area contributed by atoms with E-state index < -0.39 is 0 Å². The van der Waals surface area contributed by atoms with Crippen LogP contribution in [0, 0.1) is 6.92 Å². The van der Waals surface area contributed by atoms with Crippen molar-refractivity contribution in [3.63, 3.8) is 0 Å². The molecule has 170 valence electrons. The smallest absolute Gasteiger partial charge is 0.255 e. The van der Waals surface area contributed by atoms with Gasteiger partial charge in [0.15, 0.2) is 17.1 Å². The SMILES string of the molecule is CCNC(=O)c1cnc2c(-c3ccc(OCC)c(OCC)c3)c(C)nn2c1-c1ccccc1. The van der Waals surface area contributed by atoms with Crippen LogP contribution in [0.1, 0.15) is 36.8 Å². The topological polar surface area (TPSA) is 77.8 Å². The highest BCUT2D eigenvalue weighted by Gasteiger charge is 2.22. The maximum absolute atomic E-state index is 12.8. The summed E-state index contributed by atoms with van der Waals surface area (Å²) in [5.41, 5.74) is 5.36. The molecule has 2 aromatic carbocycles. The zero-order chi connectivity index (χ0) is 23.4. The number of rotatable bonds is 8. The predicted octanol–water partition coefficient (Wildman–Crippen LogP) is 4.92. The van der Waals surface area contributed by atoms with Crippen molar-refractivity contribution in [2.24, 2.45) is 0 Å². The highest BCUT2D eigenvalue weighted by Crippen LogP contribution is 2.37. The number of aromatic nitrogens is 3. The van der Waals surface area contributed by atoms with Crippen molar-refractivity contribution < 1.29 is 14.3 Å². The lowest BCUT2D eigenvalue weighted by molar-refractivity contribution is 0.0955. The predicted molar refractivity (Wildman–Crippen MR) is 129 cm³/mol. The summed E-state index contributed by atoms with van der Waals surface area (Å²) in [4.78, 5) is 17.5. The van der Waals surface area contributed by atoms with Crippen molar-refractivity contribution in [2.45, 2.75) is 27.7 Å². The Kier molecular flexibility index (Phi) is 6.58. The van der Waals surface area contributed by atoms with E-state index in [1.54, 1.807) is 10.7 Å². The molecule has 0 fully saturated rings. The molecule has 33 heavy (non-hydrogen) atoms. The van der Waals surface area contributed by atoms with E-state index in [1.807, 2.05) is 76.2 Å². The molecule has 0 unspecified atom stereocenters. The van der Waals surface area contributed by atoms with Gasteiger partial charge in [0.25, 0.3) is 5.91 Å². The molecule has 7 heteroatoms. The van der Waals surface area contributed by atoms with Crippen LogP contribution in [0.4, 0.5) is 0 Å². The summed E-state index contributed by atoms with van der Waals surface area (Å²) in [5.74, 6) is 1.20. The minimum absolute atomic E-state index is 0.180. The fraction of sp³-hybridized carbons (Fsp3) is 0.269. The Morgan fingerprint density at radius 3 is 2.39 bits per heavy atom. The number of benzene rings is 2. The van der Waals surface area contributed by atoms with Gasteiger partial charge in [-0.05, 0) is 45.4 Å². The van der Waals surface area contributed by atoms with Crippen molar-refractivity contribution >= 4 is 11.6 Å². The van der Waals surface area contributed by atoms with Gasteiger partial charge in [0.1, 0.15) is 0 Å². The van der Waals surface area contributed by atoms with Gasteiger partial charge in [-0.3, -0.25) is 4.79 Å². The van der Waals surface area contributed by atoms with E-state index >= 15 is 0 Å². The average molecular weight is 445 g/mol. The molecule has 4 aromatic rings. The first-order chi connectivity index (χ1) is 16.1. The number of nitrogens with zero attached hydrogens (tertiary/aromatic N) is 3. The van der Waals surface area contributed by atoms with E-state index in [-0.39, 0.29) is 5.91 Å². The number of nitrogens with one attached hydrogen (secondary N) is 1. The number of amides is 1. The molecule has 1 N–H and O–H groups in total. The first-order valence-electron chi connectivity index (χ1n) is 11.2. The first kappa shape index (κ1) is 22.3. The van der Waals surface area contributed by atoms with E-state index in [0.29, 0.717) is 48.2 Å². The number of hydrogen-bond acceptors (Lipinski definition) is 5. The Balaban J connectivity index is 1.95.